The molecule has 0 atom stereocenters. The van der Waals surface area contributed by atoms with Gasteiger partial charge in [-0.3, -0.25) is 0 Å². The van der Waals surface area contributed by atoms with Gasteiger partial charge < -0.3 is 22.2 Å². The highest BCUT2D eigenvalue weighted by Gasteiger charge is 2.20. The SMILES string of the molecule is F[B-](F)(F)F.c1cc[nH]c1.c1ccc2c(c1)SCS2. The summed E-state index contributed by atoms with van der Waals surface area (Å²) >= 11 is 3.86. The second-order valence-electron chi connectivity index (χ2n) is 3.23. The van der Waals surface area contributed by atoms with Gasteiger partial charge in [0.1, 0.15) is 0 Å². The van der Waals surface area contributed by atoms with Crippen molar-refractivity contribution in [1.82, 2.24) is 4.98 Å². The summed E-state index contributed by atoms with van der Waals surface area (Å²) in [5, 5.41) is 1.19. The van der Waals surface area contributed by atoms with E-state index in [0.717, 1.165) is 0 Å². The molecule has 0 saturated carbocycles. The van der Waals surface area contributed by atoms with E-state index >= 15 is 0 Å². The second kappa shape index (κ2) is 8.21. The number of fused-ring (bicyclic) bond motifs is 1. The Balaban J connectivity index is 0.000000156. The van der Waals surface area contributed by atoms with Crippen LogP contribution in [-0.4, -0.2) is 17.3 Å². The van der Waals surface area contributed by atoms with Gasteiger partial charge in [0.2, 0.25) is 0 Å². The van der Waals surface area contributed by atoms with Gasteiger partial charge in [-0.1, -0.05) is 12.1 Å². The lowest BCUT2D eigenvalue weighted by Gasteiger charge is -1.94. The van der Waals surface area contributed by atoms with E-state index in [-0.39, 0.29) is 0 Å². The molecule has 2 heterocycles. The molecule has 1 N–H and O–H groups in total. The van der Waals surface area contributed by atoms with Crippen molar-refractivity contribution in [2.45, 2.75) is 9.79 Å². The van der Waals surface area contributed by atoms with E-state index in [1.807, 2.05) is 48.1 Å². The molecule has 0 saturated heterocycles. The van der Waals surface area contributed by atoms with Crippen LogP contribution in [0.15, 0.2) is 58.6 Å². The van der Waals surface area contributed by atoms with Gasteiger partial charge in [0, 0.05) is 27.3 Å². The molecule has 0 spiro atoms. The topological polar surface area (TPSA) is 15.8 Å². The Bertz CT molecular complexity index is 416. The van der Waals surface area contributed by atoms with Crippen molar-refractivity contribution in [1.29, 1.82) is 0 Å². The molecule has 0 radical (unpaired) electrons. The number of nitrogens with one attached hydrogen (secondary N) is 1. The van der Waals surface area contributed by atoms with E-state index in [1.165, 1.54) is 14.9 Å². The summed E-state index contributed by atoms with van der Waals surface area (Å²) in [7, 11) is -6.00. The van der Waals surface area contributed by atoms with Crippen molar-refractivity contribution in [3.05, 3.63) is 48.8 Å². The number of H-pyrrole nitrogens is 1. The van der Waals surface area contributed by atoms with Crippen LogP contribution in [0.3, 0.4) is 0 Å². The van der Waals surface area contributed by atoms with Gasteiger partial charge in [-0.2, -0.15) is 0 Å². The highest BCUT2D eigenvalue weighted by atomic mass is 32.2. The van der Waals surface area contributed by atoms with Crippen LogP contribution in [-0.2, 0) is 0 Å². The fourth-order valence-corrected chi connectivity index (χ4v) is 3.50. The third kappa shape index (κ3) is 8.66. The number of rotatable bonds is 0. The molecule has 0 fully saturated rings. The van der Waals surface area contributed by atoms with E-state index in [1.54, 1.807) is 0 Å². The maximum atomic E-state index is 9.75. The number of aromatic nitrogens is 1. The third-order valence-electron chi connectivity index (χ3n) is 1.77. The molecule has 3 rings (SSSR count). The molecule has 1 aliphatic heterocycles. The van der Waals surface area contributed by atoms with Gasteiger partial charge >= 0.3 is 7.25 Å². The van der Waals surface area contributed by atoms with Crippen molar-refractivity contribution in [2.24, 2.45) is 0 Å². The maximum absolute atomic E-state index is 9.75. The quantitative estimate of drug-likeness (QED) is 0.534. The Morgan fingerprint density at radius 2 is 1.26 bits per heavy atom. The first-order valence-electron chi connectivity index (χ1n) is 5.26. The summed E-state index contributed by atoms with van der Waals surface area (Å²) in [6.45, 7) is 0. The Kier molecular flexibility index (Phi) is 6.94. The monoisotopic (exact) mass is 308 g/mol. The van der Waals surface area contributed by atoms with E-state index < -0.39 is 7.25 Å². The molecular formula is C11H11BF4NS2-. The molecule has 1 nitrogen and oxygen atoms in total. The van der Waals surface area contributed by atoms with Crippen molar-refractivity contribution in [3.63, 3.8) is 0 Å². The van der Waals surface area contributed by atoms with E-state index in [4.69, 9.17) is 0 Å². The molecule has 19 heavy (non-hydrogen) atoms. The summed E-state index contributed by atoms with van der Waals surface area (Å²) in [4.78, 5) is 5.75. The molecule has 2 aromatic rings. The van der Waals surface area contributed by atoms with Crippen molar-refractivity contribution < 1.29 is 17.3 Å². The largest absolute Gasteiger partial charge is 0.673 e. The van der Waals surface area contributed by atoms with Crippen LogP contribution >= 0.6 is 23.5 Å². The summed E-state index contributed by atoms with van der Waals surface area (Å²) in [5.74, 6) is 0. The van der Waals surface area contributed by atoms with Gasteiger partial charge in [-0.05, 0) is 24.3 Å². The molecule has 1 aromatic heterocycles. The Labute approximate surface area is 117 Å². The smallest absolute Gasteiger partial charge is 0.418 e. The maximum Gasteiger partial charge on any atom is 0.673 e. The van der Waals surface area contributed by atoms with E-state index in [9.17, 15) is 17.3 Å². The van der Waals surface area contributed by atoms with Crippen molar-refractivity contribution in [3.8, 4) is 0 Å². The van der Waals surface area contributed by atoms with Crippen molar-refractivity contribution in [2.75, 3.05) is 5.08 Å². The molecule has 1 aromatic carbocycles. The van der Waals surface area contributed by atoms with Crippen LogP contribution in [0, 0.1) is 0 Å². The first kappa shape index (κ1) is 16.0. The fourth-order valence-electron chi connectivity index (χ4n) is 1.12. The minimum atomic E-state index is -6.00. The number of thioether (sulfide) groups is 2. The van der Waals surface area contributed by atoms with Crippen LogP contribution in [0.4, 0.5) is 17.3 Å². The standard InChI is InChI=1S/C7H6S2.C4H5N.BF4/c1-2-4-7-6(3-1)8-5-9-7;1-2-4-5-3-1;2-1(3,4)5/h1-4H,5H2;1-5H;/q;;-1. The molecule has 0 unspecified atom stereocenters. The predicted octanol–water partition coefficient (Wildman–Crippen LogP) is 5.16. The Morgan fingerprint density at radius 3 is 1.58 bits per heavy atom. The average molecular weight is 308 g/mol. The molecule has 0 aliphatic carbocycles. The van der Waals surface area contributed by atoms with Gasteiger partial charge in [-0.25, -0.2) is 0 Å². The summed E-state index contributed by atoms with van der Waals surface area (Å²) in [5.41, 5.74) is 0. The van der Waals surface area contributed by atoms with E-state index in [0.29, 0.717) is 0 Å². The normalized spacial score (nSPS) is 12.6. The first-order chi connectivity index (χ1) is 8.97. The Hall–Kier alpha value is -1.02. The summed E-state index contributed by atoms with van der Waals surface area (Å²) in [6, 6.07) is 12.4. The Morgan fingerprint density at radius 1 is 0.842 bits per heavy atom. The van der Waals surface area contributed by atoms with Crippen LogP contribution in [0.25, 0.3) is 0 Å². The first-order valence-corrected chi connectivity index (χ1v) is 7.23. The fraction of sp³-hybridized carbons (Fsp3) is 0.0909. The lowest BCUT2D eigenvalue weighted by Crippen LogP contribution is -2.02. The molecular weight excluding hydrogens is 297 g/mol. The zero-order valence-electron chi connectivity index (χ0n) is 9.73. The van der Waals surface area contributed by atoms with E-state index in [2.05, 4.69) is 29.2 Å². The number of benzene rings is 1. The van der Waals surface area contributed by atoms with Crippen LogP contribution in [0.2, 0.25) is 0 Å². The van der Waals surface area contributed by atoms with Crippen LogP contribution < -0.4 is 0 Å². The lowest BCUT2D eigenvalue weighted by molar-refractivity contribution is 0.368. The molecule has 1 aliphatic rings. The minimum absolute atomic E-state index is 1.19. The third-order valence-corrected chi connectivity index (χ3v) is 4.18. The van der Waals surface area contributed by atoms with Crippen LogP contribution in [0.1, 0.15) is 0 Å². The zero-order chi connectivity index (χ0) is 14.1. The van der Waals surface area contributed by atoms with Crippen LogP contribution in [0.5, 0.6) is 0 Å². The number of aromatic amines is 1. The van der Waals surface area contributed by atoms with Gasteiger partial charge in [-0.15, -0.1) is 23.5 Å². The molecule has 8 heteroatoms. The van der Waals surface area contributed by atoms with Crippen molar-refractivity contribution >= 4 is 30.8 Å². The number of hydrogen-bond donors (Lipinski definition) is 1. The average Bonchev–Trinajstić information content (AvgIpc) is 3.02. The summed E-state index contributed by atoms with van der Waals surface area (Å²) in [6.07, 6.45) is 3.75. The van der Waals surface area contributed by atoms with Gasteiger partial charge in [0.05, 0.1) is 0 Å². The lowest BCUT2D eigenvalue weighted by atomic mass is 10.3. The second-order valence-corrected chi connectivity index (χ2v) is 5.63. The number of halogens is 4. The zero-order valence-corrected chi connectivity index (χ0v) is 11.4. The molecule has 0 bridgehead atoms. The molecule has 0 amide bonds. The van der Waals surface area contributed by atoms with Gasteiger partial charge in [0.25, 0.3) is 0 Å². The molecule has 104 valence electrons. The predicted molar refractivity (Wildman–Crippen MR) is 74.0 cm³/mol. The van der Waals surface area contributed by atoms with Gasteiger partial charge in [0.15, 0.2) is 0 Å². The summed E-state index contributed by atoms with van der Waals surface area (Å²) < 4.78 is 39.0. The highest BCUT2D eigenvalue weighted by molar-refractivity contribution is 8.18. The highest BCUT2D eigenvalue weighted by Crippen LogP contribution is 2.40. The minimum Gasteiger partial charge on any atom is -0.418 e. The number of hydrogen-bond acceptors (Lipinski definition) is 2.